The van der Waals surface area contributed by atoms with Gasteiger partial charge < -0.3 is 10.1 Å². The van der Waals surface area contributed by atoms with Crippen molar-refractivity contribution in [2.75, 3.05) is 13.2 Å². The van der Waals surface area contributed by atoms with E-state index in [0.29, 0.717) is 12.1 Å². The lowest BCUT2D eigenvalue weighted by molar-refractivity contribution is -0.117. The first kappa shape index (κ1) is 17.0. The number of nitrogens with zero attached hydrogens (tertiary/aromatic N) is 3. The third-order valence-corrected chi connectivity index (χ3v) is 4.49. The molecule has 1 saturated heterocycles. The second kappa shape index (κ2) is 6.95. The SMILES string of the molecule is Cn1c(=O)n(C)c2cc(/C=C(\C#N)C(=O)NC[C@@H]3CCCO3)ccc21. The molecule has 1 amide bonds. The van der Waals surface area contributed by atoms with Crippen molar-refractivity contribution < 1.29 is 9.53 Å². The molecular formula is C18H20N4O3. The Kier molecular flexibility index (Phi) is 4.72. The van der Waals surface area contributed by atoms with Crippen molar-refractivity contribution in [3.8, 4) is 6.07 Å². The molecule has 3 rings (SSSR count). The van der Waals surface area contributed by atoms with Crippen molar-refractivity contribution in [1.82, 2.24) is 14.5 Å². The third-order valence-electron chi connectivity index (χ3n) is 4.49. The van der Waals surface area contributed by atoms with Crippen LogP contribution in [0.1, 0.15) is 18.4 Å². The van der Waals surface area contributed by atoms with E-state index in [0.717, 1.165) is 30.5 Å². The Balaban J connectivity index is 1.82. The van der Waals surface area contributed by atoms with Crippen LogP contribution >= 0.6 is 0 Å². The zero-order valence-electron chi connectivity index (χ0n) is 14.3. The molecule has 2 aromatic rings. The van der Waals surface area contributed by atoms with Crippen LogP contribution in [0.25, 0.3) is 17.1 Å². The van der Waals surface area contributed by atoms with Gasteiger partial charge in [0, 0.05) is 27.2 Å². The fourth-order valence-electron chi connectivity index (χ4n) is 3.04. The minimum atomic E-state index is -0.417. The molecule has 130 valence electrons. The van der Waals surface area contributed by atoms with E-state index in [-0.39, 0.29) is 17.4 Å². The van der Waals surface area contributed by atoms with E-state index in [1.54, 1.807) is 30.8 Å². The van der Waals surface area contributed by atoms with E-state index < -0.39 is 5.91 Å². The number of carbonyl (C=O) groups excluding carboxylic acids is 1. The second-order valence-electron chi connectivity index (χ2n) is 6.16. The molecule has 25 heavy (non-hydrogen) atoms. The lowest BCUT2D eigenvalue weighted by atomic mass is 10.1. The van der Waals surface area contributed by atoms with E-state index in [1.807, 2.05) is 12.1 Å². The first-order chi connectivity index (χ1) is 12.0. The summed E-state index contributed by atoms with van der Waals surface area (Å²) in [4.78, 5) is 24.2. The number of imidazole rings is 1. The molecule has 1 aliphatic heterocycles. The van der Waals surface area contributed by atoms with Crippen LogP contribution in [0.5, 0.6) is 0 Å². The van der Waals surface area contributed by atoms with Gasteiger partial charge in [0.2, 0.25) is 0 Å². The van der Waals surface area contributed by atoms with Crippen molar-refractivity contribution in [3.05, 3.63) is 39.8 Å². The number of hydrogen-bond acceptors (Lipinski definition) is 4. The van der Waals surface area contributed by atoms with Gasteiger partial charge in [-0.3, -0.25) is 13.9 Å². The third kappa shape index (κ3) is 3.35. The summed E-state index contributed by atoms with van der Waals surface area (Å²) < 4.78 is 8.55. The van der Waals surface area contributed by atoms with Crippen LogP contribution in [-0.2, 0) is 23.6 Å². The maximum absolute atomic E-state index is 12.2. The van der Waals surface area contributed by atoms with E-state index in [2.05, 4.69) is 5.32 Å². The summed E-state index contributed by atoms with van der Waals surface area (Å²) in [5.74, 6) is -0.417. The summed E-state index contributed by atoms with van der Waals surface area (Å²) in [6, 6.07) is 7.32. The highest BCUT2D eigenvalue weighted by atomic mass is 16.5. The van der Waals surface area contributed by atoms with Crippen molar-refractivity contribution in [2.24, 2.45) is 14.1 Å². The number of nitriles is 1. The van der Waals surface area contributed by atoms with Gasteiger partial charge in [-0.15, -0.1) is 0 Å². The molecular weight excluding hydrogens is 320 g/mol. The average Bonchev–Trinajstić information content (AvgIpc) is 3.21. The first-order valence-corrected chi connectivity index (χ1v) is 8.18. The Morgan fingerprint density at radius 3 is 2.84 bits per heavy atom. The van der Waals surface area contributed by atoms with Crippen molar-refractivity contribution >= 4 is 23.0 Å². The number of fused-ring (bicyclic) bond motifs is 1. The monoisotopic (exact) mass is 340 g/mol. The highest BCUT2D eigenvalue weighted by Crippen LogP contribution is 2.16. The predicted octanol–water partition coefficient (Wildman–Crippen LogP) is 1.08. The highest BCUT2D eigenvalue weighted by Gasteiger charge is 2.17. The van der Waals surface area contributed by atoms with Crippen molar-refractivity contribution in [3.63, 3.8) is 0 Å². The van der Waals surface area contributed by atoms with Gasteiger partial charge in [0.15, 0.2) is 0 Å². The summed E-state index contributed by atoms with van der Waals surface area (Å²) in [6.45, 7) is 1.13. The predicted molar refractivity (Wildman–Crippen MR) is 93.7 cm³/mol. The number of aryl methyl sites for hydroxylation is 2. The largest absolute Gasteiger partial charge is 0.376 e. The molecule has 0 radical (unpaired) electrons. The number of nitrogens with one attached hydrogen (secondary N) is 1. The maximum atomic E-state index is 12.2. The van der Waals surface area contributed by atoms with Gasteiger partial charge in [0.05, 0.1) is 17.1 Å². The molecule has 0 aliphatic carbocycles. The van der Waals surface area contributed by atoms with E-state index in [1.165, 1.54) is 10.6 Å². The number of hydrogen-bond donors (Lipinski definition) is 1. The molecule has 1 N–H and O–H groups in total. The van der Waals surface area contributed by atoms with Crippen LogP contribution in [0.3, 0.4) is 0 Å². The number of rotatable bonds is 4. The standard InChI is InChI=1S/C18H20N4O3/c1-21-15-6-5-12(9-16(15)22(2)18(21)24)8-13(10-19)17(23)20-11-14-4-3-7-25-14/h5-6,8-9,14H,3-4,7,11H2,1-2H3,(H,20,23)/b13-8+/t14-/m0/s1. The Bertz CT molecular complexity index is 940. The summed E-state index contributed by atoms with van der Waals surface area (Å²) in [5.41, 5.74) is 2.14. The molecule has 7 nitrogen and oxygen atoms in total. The summed E-state index contributed by atoms with van der Waals surface area (Å²) in [5, 5.41) is 12.0. The number of ether oxygens (including phenoxy) is 1. The molecule has 7 heteroatoms. The quantitative estimate of drug-likeness (QED) is 0.666. The number of carbonyl (C=O) groups is 1. The van der Waals surface area contributed by atoms with Crippen LogP contribution in [0.15, 0.2) is 28.6 Å². The maximum Gasteiger partial charge on any atom is 0.328 e. The first-order valence-electron chi connectivity index (χ1n) is 8.18. The van der Waals surface area contributed by atoms with E-state index in [9.17, 15) is 14.9 Å². The highest BCUT2D eigenvalue weighted by molar-refractivity contribution is 6.02. The van der Waals surface area contributed by atoms with E-state index in [4.69, 9.17) is 4.74 Å². The lowest BCUT2D eigenvalue weighted by Crippen LogP contribution is -2.32. The molecule has 1 fully saturated rings. The molecule has 0 spiro atoms. The van der Waals surface area contributed by atoms with Crippen LogP contribution in [-0.4, -0.2) is 34.3 Å². The van der Waals surface area contributed by atoms with Gasteiger partial charge in [-0.1, -0.05) is 6.07 Å². The lowest BCUT2D eigenvalue weighted by Gasteiger charge is -2.10. The van der Waals surface area contributed by atoms with Gasteiger partial charge in [-0.2, -0.15) is 5.26 Å². The van der Waals surface area contributed by atoms with Crippen molar-refractivity contribution in [2.45, 2.75) is 18.9 Å². The Hall–Kier alpha value is -2.85. The number of benzene rings is 1. The fraction of sp³-hybridized carbons (Fsp3) is 0.389. The zero-order valence-corrected chi connectivity index (χ0v) is 14.3. The summed E-state index contributed by atoms with van der Waals surface area (Å²) in [7, 11) is 3.40. The summed E-state index contributed by atoms with van der Waals surface area (Å²) in [6.07, 6.45) is 3.47. The average molecular weight is 340 g/mol. The zero-order chi connectivity index (χ0) is 18.0. The molecule has 0 unspecified atom stereocenters. The van der Waals surface area contributed by atoms with Gasteiger partial charge in [0.1, 0.15) is 11.6 Å². The molecule has 2 heterocycles. The fourth-order valence-corrected chi connectivity index (χ4v) is 3.04. The van der Waals surface area contributed by atoms with Crippen LogP contribution in [0, 0.1) is 11.3 Å². The second-order valence-corrected chi connectivity index (χ2v) is 6.16. The van der Waals surface area contributed by atoms with Gasteiger partial charge in [0.25, 0.3) is 5.91 Å². The van der Waals surface area contributed by atoms with Gasteiger partial charge >= 0.3 is 5.69 Å². The van der Waals surface area contributed by atoms with Crippen molar-refractivity contribution in [1.29, 1.82) is 5.26 Å². The Morgan fingerprint density at radius 2 is 2.16 bits per heavy atom. The normalized spacial score (nSPS) is 17.6. The molecule has 1 atom stereocenters. The molecule has 0 saturated carbocycles. The topological polar surface area (TPSA) is 89.0 Å². The molecule has 1 aromatic carbocycles. The van der Waals surface area contributed by atoms with Crippen LogP contribution in [0.4, 0.5) is 0 Å². The minimum Gasteiger partial charge on any atom is -0.376 e. The van der Waals surface area contributed by atoms with E-state index >= 15 is 0 Å². The van der Waals surface area contributed by atoms with Crippen LogP contribution in [0.2, 0.25) is 0 Å². The molecule has 1 aliphatic rings. The summed E-state index contributed by atoms with van der Waals surface area (Å²) >= 11 is 0. The van der Waals surface area contributed by atoms with Gasteiger partial charge in [-0.05, 0) is 36.6 Å². The molecule has 0 bridgehead atoms. The molecule has 1 aromatic heterocycles. The number of amides is 1. The Morgan fingerprint density at radius 1 is 1.40 bits per heavy atom. The van der Waals surface area contributed by atoms with Crippen LogP contribution < -0.4 is 11.0 Å². The number of aromatic nitrogens is 2. The van der Waals surface area contributed by atoms with Gasteiger partial charge in [-0.25, -0.2) is 4.79 Å². The minimum absolute atomic E-state index is 0.0262. The smallest absolute Gasteiger partial charge is 0.328 e. The Labute approximate surface area is 145 Å².